The van der Waals surface area contributed by atoms with Crippen molar-refractivity contribution in [3.63, 3.8) is 0 Å². The maximum atomic E-state index is 15.6. The summed E-state index contributed by atoms with van der Waals surface area (Å²) >= 11 is 0. The Labute approximate surface area is 235 Å². The predicted molar refractivity (Wildman–Crippen MR) is 155 cm³/mol. The number of carbonyl (C=O) groups is 2. The molecule has 2 amide bonds. The largest absolute Gasteiger partial charge is 0.497 e. The average Bonchev–Trinajstić information content (AvgIpc) is 3.36. The molecule has 0 aliphatic carbocycles. The molecule has 7 nitrogen and oxygen atoms in total. The number of fused-ring (bicyclic) bond motifs is 2. The molecule has 2 aliphatic rings. The lowest BCUT2D eigenvalue weighted by Crippen LogP contribution is -2.45. The third kappa shape index (κ3) is 4.82. The number of hydrogen-bond donors (Lipinski definition) is 2. The van der Waals surface area contributed by atoms with E-state index in [2.05, 4.69) is 5.32 Å². The van der Waals surface area contributed by atoms with Crippen LogP contribution in [0.3, 0.4) is 0 Å². The fraction of sp³-hybridized carbons (Fsp3) is 0.355. The van der Waals surface area contributed by atoms with Crippen molar-refractivity contribution >= 4 is 31.6 Å². The molecular formula is C31H35FN2O5Si. The highest BCUT2D eigenvalue weighted by atomic mass is 28.4. The van der Waals surface area contributed by atoms with Crippen LogP contribution in [0, 0.1) is 5.92 Å². The molecule has 3 aromatic rings. The van der Waals surface area contributed by atoms with Gasteiger partial charge < -0.3 is 28.9 Å². The molecule has 2 heterocycles. The smallest absolute Gasteiger partial charge is 0.264 e. The van der Waals surface area contributed by atoms with Crippen molar-refractivity contribution in [3.05, 3.63) is 89.5 Å². The lowest BCUT2D eigenvalue weighted by atomic mass is 9.82. The number of aliphatic hydroxyl groups excluding tert-OH is 1. The van der Waals surface area contributed by atoms with Gasteiger partial charge in [0.1, 0.15) is 5.75 Å². The number of halogens is 1. The second-order valence-corrected chi connectivity index (χ2v) is 14.9. The molecule has 0 unspecified atom stereocenters. The Morgan fingerprint density at radius 1 is 1.10 bits per heavy atom. The lowest BCUT2D eigenvalue weighted by molar-refractivity contribution is -0.146. The molecule has 0 saturated carbocycles. The van der Waals surface area contributed by atoms with Crippen LogP contribution in [0.15, 0.2) is 72.8 Å². The summed E-state index contributed by atoms with van der Waals surface area (Å²) in [6.07, 6.45) is -0.242. The van der Waals surface area contributed by atoms with E-state index < -0.39 is 25.7 Å². The van der Waals surface area contributed by atoms with Gasteiger partial charge in [0.2, 0.25) is 8.41 Å². The fourth-order valence-corrected chi connectivity index (χ4v) is 8.92. The highest BCUT2D eigenvalue weighted by Crippen LogP contribution is 2.60. The minimum atomic E-state index is -3.23. The van der Waals surface area contributed by atoms with Crippen LogP contribution in [0.4, 0.5) is 15.5 Å². The van der Waals surface area contributed by atoms with Gasteiger partial charge in [-0.2, -0.15) is 0 Å². The molecule has 210 valence electrons. The van der Waals surface area contributed by atoms with Crippen molar-refractivity contribution in [1.82, 2.24) is 0 Å². The first kappa shape index (κ1) is 28.0. The summed E-state index contributed by atoms with van der Waals surface area (Å²) in [5.41, 5.74) is 1.80. The highest BCUT2D eigenvalue weighted by molar-refractivity contribution is 6.72. The van der Waals surface area contributed by atoms with E-state index in [-0.39, 0.29) is 30.8 Å². The minimum absolute atomic E-state index is 0.130. The highest BCUT2D eigenvalue weighted by Gasteiger charge is 2.66. The predicted octanol–water partition coefficient (Wildman–Crippen LogP) is 5.65. The van der Waals surface area contributed by atoms with E-state index in [1.54, 1.807) is 61.5 Å². The molecule has 9 heteroatoms. The number of anilines is 2. The van der Waals surface area contributed by atoms with Crippen LogP contribution in [0.5, 0.6) is 5.75 Å². The van der Waals surface area contributed by atoms with E-state index in [1.165, 1.54) is 0 Å². The summed E-state index contributed by atoms with van der Waals surface area (Å²) in [5.74, 6) is -0.153. The Balaban J connectivity index is 1.38. The minimum Gasteiger partial charge on any atom is -0.497 e. The Kier molecular flexibility index (Phi) is 7.56. The average molecular weight is 563 g/mol. The zero-order valence-electron chi connectivity index (χ0n) is 23.2. The Bertz CT molecular complexity index is 1390. The van der Waals surface area contributed by atoms with Gasteiger partial charge in [0.25, 0.3) is 11.8 Å². The summed E-state index contributed by atoms with van der Waals surface area (Å²) < 4.78 is 27.2. The van der Waals surface area contributed by atoms with E-state index >= 15 is 4.11 Å². The van der Waals surface area contributed by atoms with Crippen molar-refractivity contribution in [2.45, 2.75) is 50.2 Å². The first-order valence-corrected chi connectivity index (χ1v) is 16.5. The van der Waals surface area contributed by atoms with Crippen LogP contribution in [0.25, 0.3) is 0 Å². The molecule has 40 heavy (non-hydrogen) atoms. The van der Waals surface area contributed by atoms with Crippen LogP contribution in [-0.4, -0.2) is 45.1 Å². The second-order valence-electron chi connectivity index (χ2n) is 11.1. The van der Waals surface area contributed by atoms with Crippen LogP contribution >= 0.6 is 0 Å². The number of amides is 2. The number of methoxy groups -OCH3 is 1. The number of aliphatic hydroxyl groups is 1. The van der Waals surface area contributed by atoms with E-state index in [4.69, 9.17) is 9.47 Å². The summed E-state index contributed by atoms with van der Waals surface area (Å²) in [6.45, 7) is 5.38. The number of benzene rings is 3. The molecule has 0 aromatic heterocycles. The standard InChI is InChI=1S/C31H35FN2O5Si/c1-20-28(40(3,4)32)27(17-18-35)39-31(20)25-7-5-6-8-26(25)34(30(31)37)19-21-9-13-23(14-10-21)33-29(36)22-11-15-24(38-2)16-12-22/h5-16,20,27-28,35H,17-19H2,1-4H3,(H,33,36)/t20-,27+,28-,31+/m1/s1. The molecular weight excluding hydrogens is 527 g/mol. The van der Waals surface area contributed by atoms with Gasteiger partial charge in [-0.1, -0.05) is 37.3 Å². The second kappa shape index (κ2) is 10.8. The molecule has 1 saturated heterocycles. The number of nitrogens with zero attached hydrogens (tertiary/aromatic N) is 1. The lowest BCUT2D eigenvalue weighted by Gasteiger charge is -2.31. The zero-order valence-corrected chi connectivity index (χ0v) is 24.2. The molecule has 1 spiro atoms. The van der Waals surface area contributed by atoms with Gasteiger partial charge in [-0.05, 0) is 67.5 Å². The van der Waals surface area contributed by atoms with E-state index in [9.17, 15) is 14.7 Å². The molecule has 0 bridgehead atoms. The van der Waals surface area contributed by atoms with Crippen LogP contribution in [0.2, 0.25) is 18.6 Å². The van der Waals surface area contributed by atoms with Gasteiger partial charge in [-0.3, -0.25) is 9.59 Å². The molecule has 3 aromatic carbocycles. The fourth-order valence-electron chi connectivity index (χ4n) is 6.38. The molecule has 4 atom stereocenters. The van der Waals surface area contributed by atoms with Crippen LogP contribution in [-0.2, 0) is 21.7 Å². The van der Waals surface area contributed by atoms with Crippen LogP contribution < -0.4 is 15.0 Å². The number of carbonyl (C=O) groups excluding carboxylic acids is 2. The van der Waals surface area contributed by atoms with Crippen molar-refractivity contribution in [2.24, 2.45) is 5.92 Å². The van der Waals surface area contributed by atoms with Crippen LogP contribution in [0.1, 0.15) is 34.8 Å². The summed E-state index contributed by atoms with van der Waals surface area (Å²) in [5, 5.41) is 12.6. The number of ether oxygens (including phenoxy) is 2. The van der Waals surface area contributed by atoms with Crippen molar-refractivity contribution in [1.29, 1.82) is 0 Å². The monoisotopic (exact) mass is 562 g/mol. The SMILES string of the molecule is COc1ccc(C(=O)Nc2ccc(CN3C(=O)[C@@]4(O[C@@H](CCO)[C@H]([Si](C)(C)F)[C@H]4C)c4ccccc43)cc2)cc1. The molecule has 2 aliphatic heterocycles. The number of nitrogens with one attached hydrogen (secondary N) is 1. The van der Waals surface area contributed by atoms with Gasteiger partial charge in [0.15, 0.2) is 5.60 Å². The third-order valence-electron chi connectivity index (χ3n) is 8.19. The van der Waals surface area contributed by atoms with E-state index in [0.29, 0.717) is 23.5 Å². The molecule has 1 fully saturated rings. The quantitative estimate of drug-likeness (QED) is 0.274. The number of rotatable bonds is 8. The van der Waals surface area contributed by atoms with Crippen molar-refractivity contribution < 1.29 is 28.3 Å². The van der Waals surface area contributed by atoms with Crippen molar-refractivity contribution in [3.8, 4) is 5.75 Å². The normalized spacial score (nSPS) is 23.9. The van der Waals surface area contributed by atoms with E-state index in [1.807, 2.05) is 43.3 Å². The Hall–Kier alpha value is -3.53. The van der Waals surface area contributed by atoms with Gasteiger partial charge in [0, 0.05) is 34.9 Å². The molecule has 5 rings (SSSR count). The van der Waals surface area contributed by atoms with Gasteiger partial charge >= 0.3 is 0 Å². The number of hydrogen-bond acceptors (Lipinski definition) is 5. The maximum absolute atomic E-state index is 15.6. The Morgan fingerprint density at radius 3 is 2.40 bits per heavy atom. The molecule has 2 N–H and O–H groups in total. The summed E-state index contributed by atoms with van der Waals surface area (Å²) in [6, 6.07) is 21.8. The summed E-state index contributed by atoms with van der Waals surface area (Å²) in [7, 11) is -1.65. The number of para-hydroxylation sites is 1. The molecule has 0 radical (unpaired) electrons. The maximum Gasteiger partial charge on any atom is 0.264 e. The first-order chi connectivity index (χ1) is 19.1. The zero-order chi connectivity index (χ0) is 28.7. The third-order valence-corrected chi connectivity index (χ3v) is 10.6. The van der Waals surface area contributed by atoms with E-state index in [0.717, 1.165) is 16.8 Å². The summed E-state index contributed by atoms with van der Waals surface area (Å²) in [4.78, 5) is 28.6. The van der Waals surface area contributed by atoms with Gasteiger partial charge in [-0.25, -0.2) is 0 Å². The van der Waals surface area contributed by atoms with Crippen molar-refractivity contribution in [2.75, 3.05) is 23.9 Å². The topological polar surface area (TPSA) is 88.1 Å². The Morgan fingerprint density at radius 2 is 1.77 bits per heavy atom. The van der Waals surface area contributed by atoms with Gasteiger partial charge in [0.05, 0.1) is 25.4 Å². The first-order valence-electron chi connectivity index (χ1n) is 13.5. The van der Waals surface area contributed by atoms with Gasteiger partial charge in [-0.15, -0.1) is 0 Å².